The van der Waals surface area contributed by atoms with E-state index in [9.17, 15) is 0 Å². The van der Waals surface area contributed by atoms with E-state index in [1.54, 1.807) is 0 Å². The molecular weight excluding hydrogens is 198 g/mol. The average molecular weight is 220 g/mol. The molecule has 0 amide bonds. The Hall–Kier alpha value is 0.210. The lowest BCUT2D eigenvalue weighted by Crippen LogP contribution is -2.51. The summed E-state index contributed by atoms with van der Waals surface area (Å²) >= 11 is 0. The predicted molar refractivity (Wildman–Crippen MR) is 61.1 cm³/mol. The molecule has 0 aromatic carbocycles. The highest BCUT2D eigenvalue weighted by molar-refractivity contribution is 5.85. The Morgan fingerprint density at radius 1 is 1.00 bits per heavy atom. The highest BCUT2D eigenvalue weighted by Crippen LogP contribution is 2.40. The fraction of sp³-hybridized carbons (Fsp3) is 1.00. The zero-order valence-corrected chi connectivity index (χ0v) is 10.1. The molecule has 2 aliphatic heterocycles. The largest absolute Gasteiger partial charge is 0.369 e. The summed E-state index contributed by atoms with van der Waals surface area (Å²) in [7, 11) is 0. The smallest absolute Gasteiger partial charge is 0.0714 e. The normalized spacial score (nSPS) is 29.6. The van der Waals surface area contributed by atoms with Crippen molar-refractivity contribution in [2.45, 2.75) is 57.2 Å². The molecule has 0 radical (unpaired) electrons. The molecule has 0 aromatic rings. The number of hydrogen-bond donors (Lipinski definition) is 1. The molecule has 1 spiro atoms. The van der Waals surface area contributed by atoms with Crippen molar-refractivity contribution in [3.8, 4) is 0 Å². The Morgan fingerprint density at radius 2 is 1.64 bits per heavy atom. The van der Waals surface area contributed by atoms with Crippen LogP contribution in [0.4, 0.5) is 0 Å². The van der Waals surface area contributed by atoms with Gasteiger partial charge in [0.05, 0.1) is 11.2 Å². The summed E-state index contributed by atoms with van der Waals surface area (Å²) in [6, 6.07) is 0. The van der Waals surface area contributed by atoms with E-state index in [4.69, 9.17) is 4.74 Å². The lowest BCUT2D eigenvalue weighted by Gasteiger charge is -2.47. The monoisotopic (exact) mass is 219 g/mol. The minimum atomic E-state index is 0. The van der Waals surface area contributed by atoms with Crippen molar-refractivity contribution in [2.75, 3.05) is 13.1 Å². The van der Waals surface area contributed by atoms with Crippen molar-refractivity contribution >= 4 is 12.4 Å². The third-order valence-corrected chi connectivity index (χ3v) is 3.42. The molecule has 0 aromatic heterocycles. The highest BCUT2D eigenvalue weighted by atomic mass is 35.5. The van der Waals surface area contributed by atoms with Crippen LogP contribution in [0.2, 0.25) is 0 Å². The van der Waals surface area contributed by atoms with E-state index >= 15 is 0 Å². The summed E-state index contributed by atoms with van der Waals surface area (Å²) in [6.45, 7) is 6.73. The van der Waals surface area contributed by atoms with Crippen LogP contribution in [0.25, 0.3) is 0 Å². The van der Waals surface area contributed by atoms with Crippen LogP contribution in [0.3, 0.4) is 0 Å². The Bertz CT molecular complexity index is 182. The summed E-state index contributed by atoms with van der Waals surface area (Å²) in [4.78, 5) is 0. The van der Waals surface area contributed by atoms with Crippen molar-refractivity contribution in [1.29, 1.82) is 0 Å². The van der Waals surface area contributed by atoms with E-state index in [1.807, 2.05) is 0 Å². The molecule has 2 fully saturated rings. The second-order valence-corrected chi connectivity index (χ2v) is 5.15. The number of hydrogen-bond acceptors (Lipinski definition) is 2. The molecule has 0 unspecified atom stereocenters. The van der Waals surface area contributed by atoms with E-state index in [0.29, 0.717) is 0 Å². The molecule has 2 saturated heterocycles. The number of rotatable bonds is 0. The molecule has 0 aliphatic carbocycles. The molecule has 2 nitrogen and oxygen atoms in total. The average Bonchev–Trinajstić information content (AvgIpc) is 2.03. The van der Waals surface area contributed by atoms with Crippen LogP contribution in [0.1, 0.15) is 46.0 Å². The van der Waals surface area contributed by atoms with Gasteiger partial charge in [0, 0.05) is 0 Å². The van der Waals surface area contributed by atoms with Crippen LogP contribution in [0.15, 0.2) is 0 Å². The van der Waals surface area contributed by atoms with Crippen molar-refractivity contribution in [3.05, 3.63) is 0 Å². The standard InChI is InChI=1S/C11H21NO.ClH/c1-10(2)4-3-5-11(13-10)6-8-12-9-7-11;/h12H,3-9H2,1-2H3;1H. The molecule has 2 rings (SSSR count). The topological polar surface area (TPSA) is 21.3 Å². The maximum Gasteiger partial charge on any atom is 0.0714 e. The first-order valence-corrected chi connectivity index (χ1v) is 5.53. The molecule has 0 saturated carbocycles. The van der Waals surface area contributed by atoms with Gasteiger partial charge < -0.3 is 10.1 Å². The van der Waals surface area contributed by atoms with Gasteiger partial charge in [0.2, 0.25) is 0 Å². The second-order valence-electron chi connectivity index (χ2n) is 5.15. The van der Waals surface area contributed by atoms with Gasteiger partial charge >= 0.3 is 0 Å². The Labute approximate surface area is 93.2 Å². The third kappa shape index (κ3) is 2.62. The first-order chi connectivity index (χ1) is 6.12. The summed E-state index contributed by atoms with van der Waals surface area (Å²) in [5.74, 6) is 0. The second kappa shape index (κ2) is 4.38. The summed E-state index contributed by atoms with van der Waals surface area (Å²) < 4.78 is 6.26. The highest BCUT2D eigenvalue weighted by Gasteiger charge is 2.41. The van der Waals surface area contributed by atoms with Gasteiger partial charge in [-0.05, 0) is 59.0 Å². The van der Waals surface area contributed by atoms with Crippen LogP contribution in [-0.4, -0.2) is 24.3 Å². The number of nitrogens with one attached hydrogen (secondary N) is 1. The van der Waals surface area contributed by atoms with Crippen LogP contribution in [-0.2, 0) is 4.74 Å². The SMILES string of the molecule is CC1(C)CCCC2(CCNCC2)O1.Cl. The van der Waals surface area contributed by atoms with E-state index < -0.39 is 0 Å². The first-order valence-electron chi connectivity index (χ1n) is 5.53. The van der Waals surface area contributed by atoms with Crippen LogP contribution in [0, 0.1) is 0 Å². The van der Waals surface area contributed by atoms with Gasteiger partial charge in [-0.2, -0.15) is 0 Å². The lowest BCUT2D eigenvalue weighted by atomic mass is 9.81. The van der Waals surface area contributed by atoms with Gasteiger partial charge in [-0.15, -0.1) is 12.4 Å². The van der Waals surface area contributed by atoms with Gasteiger partial charge in [-0.25, -0.2) is 0 Å². The van der Waals surface area contributed by atoms with E-state index in [-0.39, 0.29) is 23.6 Å². The van der Waals surface area contributed by atoms with Crippen molar-refractivity contribution in [1.82, 2.24) is 5.32 Å². The number of ether oxygens (including phenoxy) is 1. The third-order valence-electron chi connectivity index (χ3n) is 3.42. The Morgan fingerprint density at radius 3 is 2.21 bits per heavy atom. The Kier molecular flexibility index (Phi) is 3.84. The van der Waals surface area contributed by atoms with Gasteiger partial charge in [-0.3, -0.25) is 0 Å². The zero-order chi connectivity index (χ0) is 9.36. The molecule has 3 heteroatoms. The van der Waals surface area contributed by atoms with E-state index in [2.05, 4.69) is 19.2 Å². The van der Waals surface area contributed by atoms with Gasteiger partial charge in [0.1, 0.15) is 0 Å². The van der Waals surface area contributed by atoms with Gasteiger partial charge in [-0.1, -0.05) is 0 Å². The summed E-state index contributed by atoms with van der Waals surface area (Å²) in [6.07, 6.45) is 6.25. The zero-order valence-electron chi connectivity index (χ0n) is 9.27. The first kappa shape index (κ1) is 12.3. The maximum atomic E-state index is 6.26. The molecule has 2 aliphatic rings. The maximum absolute atomic E-state index is 6.26. The summed E-state index contributed by atoms with van der Waals surface area (Å²) in [5.41, 5.74) is 0.350. The minimum absolute atomic E-state index is 0. The lowest BCUT2D eigenvalue weighted by molar-refractivity contribution is -0.184. The van der Waals surface area contributed by atoms with Crippen LogP contribution in [0.5, 0.6) is 0 Å². The minimum Gasteiger partial charge on any atom is -0.369 e. The van der Waals surface area contributed by atoms with Crippen molar-refractivity contribution < 1.29 is 4.74 Å². The quantitative estimate of drug-likeness (QED) is 0.676. The van der Waals surface area contributed by atoms with Crippen molar-refractivity contribution in [2.24, 2.45) is 0 Å². The molecule has 84 valence electrons. The fourth-order valence-electron chi connectivity index (χ4n) is 2.76. The predicted octanol–water partition coefficient (Wildman–Crippen LogP) is 2.51. The van der Waals surface area contributed by atoms with Crippen LogP contribution >= 0.6 is 12.4 Å². The number of piperidine rings is 1. The molecule has 1 N–H and O–H groups in total. The van der Waals surface area contributed by atoms with Crippen LogP contribution < -0.4 is 5.32 Å². The molecule has 0 atom stereocenters. The van der Waals surface area contributed by atoms with Gasteiger partial charge in [0.25, 0.3) is 0 Å². The van der Waals surface area contributed by atoms with E-state index in [0.717, 1.165) is 13.1 Å². The number of halogens is 1. The molecule has 2 heterocycles. The molecule has 0 bridgehead atoms. The van der Waals surface area contributed by atoms with E-state index in [1.165, 1.54) is 32.1 Å². The fourth-order valence-corrected chi connectivity index (χ4v) is 2.76. The Balaban J connectivity index is 0.000000980. The molecular formula is C11H22ClNO. The summed E-state index contributed by atoms with van der Waals surface area (Å²) in [5, 5.41) is 3.40. The molecule has 14 heavy (non-hydrogen) atoms. The van der Waals surface area contributed by atoms with Crippen molar-refractivity contribution in [3.63, 3.8) is 0 Å². The van der Waals surface area contributed by atoms with Gasteiger partial charge in [0.15, 0.2) is 0 Å².